The highest BCUT2D eigenvalue weighted by Gasteiger charge is 2.11. The molecule has 2 rings (SSSR count). The van der Waals surface area contributed by atoms with Crippen molar-refractivity contribution >= 4 is 63.9 Å². The van der Waals surface area contributed by atoms with Crippen molar-refractivity contribution in [3.05, 3.63) is 58.6 Å². The molecule has 0 bridgehead atoms. The molecule has 4 N–H and O–H groups in total. The van der Waals surface area contributed by atoms with Crippen molar-refractivity contribution < 1.29 is 19.1 Å². The highest BCUT2D eigenvalue weighted by atomic mass is 35.5. The van der Waals surface area contributed by atoms with Gasteiger partial charge in [-0.05, 0) is 42.5 Å². The number of ether oxygens (including phenoxy) is 1. The number of hydrogen-bond acceptors (Lipinski definition) is 5. The first kappa shape index (κ1) is 23.4. The molecule has 0 aliphatic heterocycles. The minimum Gasteiger partial charge on any atom is -0.484 e. The third-order valence-corrected chi connectivity index (χ3v) is 4.22. The highest BCUT2D eigenvalue weighted by Crippen LogP contribution is 2.25. The van der Waals surface area contributed by atoms with Crippen molar-refractivity contribution in [3.63, 3.8) is 0 Å². The average molecular weight is 469 g/mol. The summed E-state index contributed by atoms with van der Waals surface area (Å²) in [6.07, 6.45) is -0.200. The van der Waals surface area contributed by atoms with Crippen molar-refractivity contribution in [3.8, 4) is 5.75 Å². The number of benzene rings is 2. The van der Waals surface area contributed by atoms with E-state index in [1.165, 1.54) is 6.07 Å². The number of halogens is 2. The minimum absolute atomic E-state index is 0.0868. The molecule has 30 heavy (non-hydrogen) atoms. The number of nitrogens with one attached hydrogen (secondary N) is 4. The van der Waals surface area contributed by atoms with Crippen LogP contribution in [0.1, 0.15) is 12.8 Å². The fourth-order valence-electron chi connectivity index (χ4n) is 2.08. The van der Waals surface area contributed by atoms with E-state index in [2.05, 4.69) is 21.5 Å². The van der Waals surface area contributed by atoms with Crippen LogP contribution in [0.3, 0.4) is 0 Å². The van der Waals surface area contributed by atoms with Crippen LogP contribution < -0.4 is 26.2 Å². The number of amides is 3. The summed E-state index contributed by atoms with van der Waals surface area (Å²) in [5.41, 5.74) is 5.06. The lowest BCUT2D eigenvalue weighted by molar-refractivity contribution is -0.125. The third kappa shape index (κ3) is 8.64. The fourth-order valence-corrected chi connectivity index (χ4v) is 2.70. The molecule has 0 aromatic heterocycles. The summed E-state index contributed by atoms with van der Waals surface area (Å²) < 4.78 is 5.27. The SMILES string of the molecule is O=C(CCC(=O)Nc1ccc(Cl)cc1Cl)NNC(=S)NC(=O)COc1ccccc1. The van der Waals surface area contributed by atoms with E-state index in [1.807, 2.05) is 6.07 Å². The molecule has 2 aromatic carbocycles. The number of thiocarbonyl (C=S) groups is 1. The summed E-state index contributed by atoms with van der Waals surface area (Å²) in [4.78, 5) is 35.5. The molecule has 0 saturated carbocycles. The average Bonchev–Trinajstić information content (AvgIpc) is 2.72. The van der Waals surface area contributed by atoms with Gasteiger partial charge in [0.05, 0.1) is 10.7 Å². The molecule has 0 aliphatic rings. The van der Waals surface area contributed by atoms with Gasteiger partial charge >= 0.3 is 0 Å². The summed E-state index contributed by atoms with van der Waals surface area (Å²) in [6, 6.07) is 13.4. The van der Waals surface area contributed by atoms with Gasteiger partial charge in [-0.25, -0.2) is 0 Å². The van der Waals surface area contributed by atoms with Crippen LogP contribution >= 0.6 is 35.4 Å². The molecular weight excluding hydrogens is 451 g/mol. The zero-order valence-electron chi connectivity index (χ0n) is 15.5. The van der Waals surface area contributed by atoms with E-state index in [9.17, 15) is 14.4 Å². The van der Waals surface area contributed by atoms with Gasteiger partial charge in [-0.1, -0.05) is 41.4 Å². The zero-order chi connectivity index (χ0) is 21.9. The topological polar surface area (TPSA) is 109 Å². The maximum Gasteiger partial charge on any atom is 0.264 e. The Morgan fingerprint density at radius 2 is 1.60 bits per heavy atom. The lowest BCUT2D eigenvalue weighted by Crippen LogP contribution is -2.49. The Labute approximate surface area is 188 Å². The molecule has 3 amide bonds. The number of carbonyl (C=O) groups is 3. The second-order valence-corrected chi connectivity index (χ2v) is 7.08. The molecule has 0 unspecified atom stereocenters. The summed E-state index contributed by atoms with van der Waals surface area (Å²) in [6.45, 7) is -0.243. The van der Waals surface area contributed by atoms with Gasteiger partial charge < -0.3 is 10.1 Å². The lowest BCUT2D eigenvalue weighted by Gasteiger charge is -2.11. The van der Waals surface area contributed by atoms with Crippen LogP contribution in [0.5, 0.6) is 5.75 Å². The Bertz CT molecular complexity index is 928. The molecule has 0 atom stereocenters. The van der Waals surface area contributed by atoms with Crippen LogP contribution in [-0.4, -0.2) is 29.4 Å². The predicted molar refractivity (Wildman–Crippen MR) is 118 cm³/mol. The first-order chi connectivity index (χ1) is 14.3. The molecule has 0 saturated heterocycles. The number of rotatable bonds is 7. The van der Waals surface area contributed by atoms with E-state index >= 15 is 0 Å². The summed E-state index contributed by atoms with van der Waals surface area (Å²) >= 11 is 16.7. The van der Waals surface area contributed by atoms with Gasteiger partial charge in [0.25, 0.3) is 5.91 Å². The minimum atomic E-state index is -0.496. The molecule has 11 heteroatoms. The molecule has 2 aromatic rings. The molecule has 0 spiro atoms. The zero-order valence-corrected chi connectivity index (χ0v) is 17.9. The van der Waals surface area contributed by atoms with Crippen LogP contribution in [0, 0.1) is 0 Å². The standard InChI is InChI=1S/C19H18Cl2N4O4S/c20-12-6-7-15(14(21)10-12)22-16(26)8-9-17(27)24-25-19(30)23-18(28)11-29-13-4-2-1-3-5-13/h1-7,10H,8-9,11H2,(H,22,26)(H,24,27)(H2,23,25,28,30). The summed E-state index contributed by atoms with van der Waals surface area (Å²) in [5.74, 6) is -0.851. The van der Waals surface area contributed by atoms with E-state index < -0.39 is 17.7 Å². The van der Waals surface area contributed by atoms with Gasteiger partial charge in [0.2, 0.25) is 11.8 Å². The first-order valence-electron chi connectivity index (χ1n) is 8.65. The van der Waals surface area contributed by atoms with Crippen LogP contribution in [0.2, 0.25) is 10.0 Å². The largest absolute Gasteiger partial charge is 0.484 e. The van der Waals surface area contributed by atoms with Gasteiger partial charge in [-0.2, -0.15) is 0 Å². The quantitative estimate of drug-likeness (QED) is 0.367. The van der Waals surface area contributed by atoms with Gasteiger partial charge in [0.15, 0.2) is 11.7 Å². The maximum atomic E-state index is 11.9. The molecule has 158 valence electrons. The van der Waals surface area contributed by atoms with Gasteiger partial charge in [0, 0.05) is 17.9 Å². The second kappa shape index (κ2) is 12.0. The lowest BCUT2D eigenvalue weighted by atomic mass is 10.2. The van der Waals surface area contributed by atoms with Crippen LogP contribution in [0.4, 0.5) is 5.69 Å². The first-order valence-corrected chi connectivity index (χ1v) is 9.81. The third-order valence-electron chi connectivity index (χ3n) is 3.47. The monoisotopic (exact) mass is 468 g/mol. The molecule has 0 heterocycles. The van der Waals surface area contributed by atoms with E-state index in [0.717, 1.165) is 0 Å². The Balaban J connectivity index is 1.63. The number of anilines is 1. The van der Waals surface area contributed by atoms with E-state index in [0.29, 0.717) is 21.5 Å². The Morgan fingerprint density at radius 3 is 2.30 bits per heavy atom. The van der Waals surface area contributed by atoms with Crippen LogP contribution in [0.15, 0.2) is 48.5 Å². The predicted octanol–water partition coefficient (Wildman–Crippen LogP) is 2.81. The highest BCUT2D eigenvalue weighted by molar-refractivity contribution is 7.80. The Morgan fingerprint density at radius 1 is 0.900 bits per heavy atom. The number of carbonyl (C=O) groups excluding carboxylic acids is 3. The van der Waals surface area contributed by atoms with Gasteiger partial charge in [-0.15, -0.1) is 0 Å². The van der Waals surface area contributed by atoms with Crippen LogP contribution in [0.25, 0.3) is 0 Å². The van der Waals surface area contributed by atoms with Crippen molar-refractivity contribution in [2.45, 2.75) is 12.8 Å². The van der Waals surface area contributed by atoms with E-state index in [1.54, 1.807) is 36.4 Å². The van der Waals surface area contributed by atoms with Crippen molar-refractivity contribution in [2.24, 2.45) is 0 Å². The molecule has 0 aliphatic carbocycles. The second-order valence-electron chi connectivity index (χ2n) is 5.82. The van der Waals surface area contributed by atoms with Crippen molar-refractivity contribution in [2.75, 3.05) is 11.9 Å². The number of hydrazine groups is 1. The van der Waals surface area contributed by atoms with Gasteiger partial charge in [-0.3, -0.25) is 30.6 Å². The fraction of sp³-hybridized carbons (Fsp3) is 0.158. The Hall–Kier alpha value is -2.88. The van der Waals surface area contributed by atoms with Crippen LogP contribution in [-0.2, 0) is 14.4 Å². The van der Waals surface area contributed by atoms with Crippen molar-refractivity contribution in [1.82, 2.24) is 16.2 Å². The number of hydrogen-bond donors (Lipinski definition) is 4. The summed E-state index contributed by atoms with van der Waals surface area (Å²) in [7, 11) is 0. The normalized spacial score (nSPS) is 9.93. The molecule has 0 radical (unpaired) electrons. The molecule has 0 fully saturated rings. The number of para-hydroxylation sites is 1. The Kier molecular flexibility index (Phi) is 9.33. The van der Waals surface area contributed by atoms with E-state index in [-0.39, 0.29) is 24.6 Å². The smallest absolute Gasteiger partial charge is 0.264 e. The van der Waals surface area contributed by atoms with Gasteiger partial charge in [0.1, 0.15) is 5.75 Å². The van der Waals surface area contributed by atoms with Crippen molar-refractivity contribution in [1.29, 1.82) is 0 Å². The maximum absolute atomic E-state index is 11.9. The summed E-state index contributed by atoms with van der Waals surface area (Å²) in [5, 5.41) is 5.56. The molecular formula is C19H18Cl2N4O4S. The molecule has 8 nitrogen and oxygen atoms in total. The van der Waals surface area contributed by atoms with E-state index in [4.69, 9.17) is 40.2 Å².